The zero-order valence-electron chi connectivity index (χ0n) is 22.4. The van der Waals surface area contributed by atoms with Crippen LogP contribution in [0.3, 0.4) is 0 Å². The molecule has 1 aliphatic carbocycles. The summed E-state index contributed by atoms with van der Waals surface area (Å²) in [5.41, 5.74) is 0.637. The second-order valence-electron chi connectivity index (χ2n) is 9.49. The summed E-state index contributed by atoms with van der Waals surface area (Å²) >= 11 is 0. The zero-order valence-corrected chi connectivity index (χ0v) is 19.4. The van der Waals surface area contributed by atoms with Crippen LogP contribution in [0.25, 0.3) is 4.85 Å². The number of likely N-dealkylation sites (tertiary alicyclic amines) is 1. The predicted molar refractivity (Wildman–Crippen MR) is 131 cm³/mol. The van der Waals surface area contributed by atoms with Gasteiger partial charge in [0, 0.05) is 35.8 Å². The van der Waals surface area contributed by atoms with Crippen molar-refractivity contribution in [2.45, 2.75) is 49.3 Å². The van der Waals surface area contributed by atoms with Gasteiger partial charge in [0.25, 0.3) is 5.91 Å². The first kappa shape index (κ1) is 20.0. The van der Waals surface area contributed by atoms with E-state index in [2.05, 4.69) is 15.5 Å². The summed E-state index contributed by atoms with van der Waals surface area (Å²) in [6, 6.07) is 13.8. The van der Waals surface area contributed by atoms with Crippen LogP contribution < -0.4 is 10.6 Å². The molecule has 2 N–H and O–H groups in total. The Kier molecular flexibility index (Phi) is 5.08. The second-order valence-corrected chi connectivity index (χ2v) is 9.49. The molecule has 4 amide bonds. The fourth-order valence-corrected chi connectivity index (χ4v) is 5.00. The summed E-state index contributed by atoms with van der Waals surface area (Å²) in [5, 5.41) is 5.32. The van der Waals surface area contributed by atoms with Crippen molar-refractivity contribution >= 4 is 29.3 Å². The van der Waals surface area contributed by atoms with Crippen LogP contribution in [0, 0.1) is 6.57 Å². The van der Waals surface area contributed by atoms with Gasteiger partial charge in [-0.15, -0.1) is 0 Å². The SMILES string of the molecule is [2H]C([2H])([2H])N(C(=O)C(=O)NC1CC1)[C@@H](Cc1ccccc1)C(=O)N1C[C@]2(C[C@H]1[N+]#[C-])C(=O)Nc1ccccc12. The van der Waals surface area contributed by atoms with Crippen molar-refractivity contribution in [3.8, 4) is 0 Å². The summed E-state index contributed by atoms with van der Waals surface area (Å²) in [4.78, 5) is 58.5. The maximum absolute atomic E-state index is 14.2. The molecule has 2 aromatic carbocycles. The highest BCUT2D eigenvalue weighted by atomic mass is 16.2. The van der Waals surface area contributed by atoms with Crippen molar-refractivity contribution in [2.75, 3.05) is 18.8 Å². The van der Waals surface area contributed by atoms with E-state index in [4.69, 9.17) is 10.7 Å². The molecule has 0 bridgehead atoms. The van der Waals surface area contributed by atoms with E-state index in [0.717, 1.165) is 0 Å². The van der Waals surface area contributed by atoms with Crippen molar-refractivity contribution in [1.29, 1.82) is 0 Å². The topological polar surface area (TPSA) is 103 Å². The zero-order chi connectivity index (χ0) is 27.9. The molecule has 36 heavy (non-hydrogen) atoms. The molecule has 0 aromatic heterocycles. The molecule has 2 heterocycles. The fraction of sp³-hybridized carbons (Fsp3) is 0.370. The summed E-state index contributed by atoms with van der Waals surface area (Å²) in [6.45, 7) is 4.50. The molecule has 2 aliphatic heterocycles. The molecule has 1 spiro atoms. The van der Waals surface area contributed by atoms with E-state index in [1.54, 1.807) is 54.6 Å². The smallest absolute Gasteiger partial charge is 0.312 e. The standard InChI is InChI=1S/C27H27N5O4/c1-28-22-15-27(19-10-6-7-11-20(19)30-26(27)36)16-32(22)24(34)21(14-17-8-4-3-5-9-17)31(2)25(35)23(33)29-18-12-13-18/h3-11,18,21-22H,12-16H2,2H3,(H,29,33)(H,30,36)/t21-,22-,27-/m0/s1/i2D3. The average Bonchev–Trinajstić information content (AvgIpc) is 3.57. The number of para-hydroxylation sites is 1. The van der Waals surface area contributed by atoms with E-state index in [1.165, 1.54) is 4.90 Å². The summed E-state index contributed by atoms with van der Waals surface area (Å²) < 4.78 is 24.4. The van der Waals surface area contributed by atoms with Gasteiger partial charge in [0.2, 0.25) is 5.91 Å². The summed E-state index contributed by atoms with van der Waals surface area (Å²) in [5.74, 6) is -3.59. The van der Waals surface area contributed by atoms with Gasteiger partial charge in [-0.25, -0.2) is 6.57 Å². The predicted octanol–water partition coefficient (Wildman–Crippen LogP) is 1.70. The molecule has 1 saturated carbocycles. The van der Waals surface area contributed by atoms with Crippen molar-refractivity contribution in [3.63, 3.8) is 0 Å². The first-order valence-electron chi connectivity index (χ1n) is 13.3. The third-order valence-corrected chi connectivity index (χ3v) is 7.08. The Labute approximate surface area is 213 Å². The van der Waals surface area contributed by atoms with Crippen molar-refractivity contribution < 1.29 is 23.3 Å². The second kappa shape index (κ2) is 9.11. The Balaban J connectivity index is 1.53. The summed E-state index contributed by atoms with van der Waals surface area (Å²) in [7, 11) is 0. The Morgan fingerprint density at radius 1 is 1.22 bits per heavy atom. The minimum atomic E-state index is -3.13. The first-order chi connectivity index (χ1) is 18.5. The van der Waals surface area contributed by atoms with Gasteiger partial charge in [0.15, 0.2) is 0 Å². The maximum atomic E-state index is 14.2. The minimum Gasteiger partial charge on any atom is -0.345 e. The number of anilines is 1. The molecular formula is C27H27N5O4. The van der Waals surface area contributed by atoms with Gasteiger partial charge in [0.1, 0.15) is 11.5 Å². The van der Waals surface area contributed by atoms with Gasteiger partial charge in [-0.05, 0) is 30.0 Å². The number of carbonyl (C=O) groups is 4. The van der Waals surface area contributed by atoms with Crippen LogP contribution in [-0.2, 0) is 31.0 Å². The Hall–Kier alpha value is -4.19. The molecule has 2 fully saturated rings. The van der Waals surface area contributed by atoms with Gasteiger partial charge in [-0.1, -0.05) is 48.5 Å². The highest BCUT2D eigenvalue weighted by molar-refractivity contribution is 6.35. The Morgan fingerprint density at radius 2 is 1.94 bits per heavy atom. The number of fused-ring (bicyclic) bond motifs is 2. The first-order valence-corrected chi connectivity index (χ1v) is 11.8. The number of carbonyl (C=O) groups excluding carboxylic acids is 4. The number of hydrogen-bond acceptors (Lipinski definition) is 4. The van der Waals surface area contributed by atoms with E-state index in [9.17, 15) is 19.2 Å². The van der Waals surface area contributed by atoms with Crippen LogP contribution in [0.2, 0.25) is 0 Å². The monoisotopic (exact) mass is 488 g/mol. The molecule has 0 radical (unpaired) electrons. The highest BCUT2D eigenvalue weighted by Gasteiger charge is 2.59. The molecule has 9 nitrogen and oxygen atoms in total. The van der Waals surface area contributed by atoms with Crippen LogP contribution in [0.15, 0.2) is 54.6 Å². The van der Waals surface area contributed by atoms with Crippen molar-refractivity contribution in [3.05, 3.63) is 77.1 Å². The Bertz CT molecular complexity index is 1370. The van der Waals surface area contributed by atoms with E-state index in [0.29, 0.717) is 34.6 Å². The Morgan fingerprint density at radius 3 is 2.64 bits per heavy atom. The van der Waals surface area contributed by atoms with Gasteiger partial charge in [-0.3, -0.25) is 28.9 Å². The number of nitrogens with one attached hydrogen (secondary N) is 2. The van der Waals surface area contributed by atoms with Crippen LogP contribution >= 0.6 is 0 Å². The van der Waals surface area contributed by atoms with Crippen LogP contribution in [-0.4, -0.2) is 65.2 Å². The fourth-order valence-electron chi connectivity index (χ4n) is 5.00. The molecule has 184 valence electrons. The number of hydrogen-bond donors (Lipinski definition) is 2. The number of rotatable bonds is 5. The third kappa shape index (κ3) is 4.09. The normalized spacial score (nSPS) is 24.5. The van der Waals surface area contributed by atoms with E-state index >= 15 is 0 Å². The molecular weight excluding hydrogens is 458 g/mol. The van der Waals surface area contributed by atoms with Gasteiger partial charge in [0.05, 0.1) is 6.42 Å². The van der Waals surface area contributed by atoms with E-state index < -0.39 is 42.3 Å². The number of nitrogens with zero attached hydrogens (tertiary/aromatic N) is 3. The lowest BCUT2D eigenvalue weighted by molar-refractivity contribution is -0.151. The molecule has 1 saturated heterocycles. The van der Waals surface area contributed by atoms with Crippen LogP contribution in [0.4, 0.5) is 5.69 Å². The minimum absolute atomic E-state index is 0.0209. The molecule has 2 aromatic rings. The van der Waals surface area contributed by atoms with E-state index in [-0.39, 0.29) is 31.3 Å². The van der Waals surface area contributed by atoms with Gasteiger partial charge >= 0.3 is 18.0 Å². The number of likely N-dealkylation sites (N-methyl/N-ethyl adjacent to an activating group) is 1. The van der Waals surface area contributed by atoms with Crippen LogP contribution in [0.5, 0.6) is 0 Å². The van der Waals surface area contributed by atoms with Crippen molar-refractivity contribution in [2.24, 2.45) is 0 Å². The molecule has 3 aliphatic rings. The number of benzene rings is 2. The van der Waals surface area contributed by atoms with Gasteiger partial charge in [-0.2, -0.15) is 0 Å². The number of amides is 4. The molecule has 5 rings (SSSR count). The maximum Gasteiger partial charge on any atom is 0.312 e. The van der Waals surface area contributed by atoms with E-state index in [1.807, 2.05) is 0 Å². The average molecular weight is 489 g/mol. The lowest BCUT2D eigenvalue weighted by Crippen LogP contribution is -2.55. The van der Waals surface area contributed by atoms with Crippen LogP contribution in [0.1, 0.15) is 34.5 Å². The highest BCUT2D eigenvalue weighted by Crippen LogP contribution is 2.46. The quantitative estimate of drug-likeness (QED) is 0.494. The largest absolute Gasteiger partial charge is 0.345 e. The molecule has 3 atom stereocenters. The van der Waals surface area contributed by atoms with Gasteiger partial charge < -0.3 is 15.5 Å². The summed E-state index contributed by atoms with van der Waals surface area (Å²) in [6.07, 6.45) is 0.127. The molecule has 9 heteroatoms. The third-order valence-electron chi connectivity index (χ3n) is 7.08. The lowest BCUT2D eigenvalue weighted by atomic mass is 9.80. The van der Waals surface area contributed by atoms with Crippen molar-refractivity contribution in [1.82, 2.24) is 15.1 Å². The molecule has 0 unspecified atom stereocenters. The lowest BCUT2D eigenvalue weighted by Gasteiger charge is -2.31.